The molecule has 2 N–H and O–H groups in total. The van der Waals surface area contributed by atoms with Crippen molar-refractivity contribution in [3.05, 3.63) is 17.6 Å². The van der Waals surface area contributed by atoms with Crippen LogP contribution < -0.4 is 5.32 Å². The smallest absolute Gasteiger partial charge is 0.228 e. The van der Waals surface area contributed by atoms with E-state index < -0.39 is 0 Å². The number of anilines is 1. The molecule has 0 aliphatic heterocycles. The molecule has 4 rings (SSSR count). The second-order valence-corrected chi connectivity index (χ2v) is 6.15. The summed E-state index contributed by atoms with van der Waals surface area (Å²) in [5.74, 6) is 2.41. The van der Waals surface area contributed by atoms with E-state index in [0.29, 0.717) is 11.7 Å². The fourth-order valence-corrected chi connectivity index (χ4v) is 3.16. The average molecular weight is 270 g/mol. The molecule has 104 valence electrons. The Morgan fingerprint density at radius 3 is 2.90 bits per heavy atom. The maximum absolute atomic E-state index is 12.3. The molecule has 0 radical (unpaired) electrons. The van der Waals surface area contributed by atoms with Crippen LogP contribution in [-0.4, -0.2) is 20.9 Å². The van der Waals surface area contributed by atoms with Gasteiger partial charge in [-0.1, -0.05) is 0 Å². The van der Waals surface area contributed by atoms with Crippen molar-refractivity contribution in [2.75, 3.05) is 5.32 Å². The van der Waals surface area contributed by atoms with E-state index in [-0.39, 0.29) is 11.8 Å². The van der Waals surface area contributed by atoms with Crippen LogP contribution in [0.1, 0.15) is 30.5 Å². The molecule has 5 nitrogen and oxygen atoms in total. The van der Waals surface area contributed by atoms with Gasteiger partial charge in [-0.3, -0.25) is 4.79 Å². The van der Waals surface area contributed by atoms with Crippen molar-refractivity contribution < 1.29 is 4.79 Å². The second kappa shape index (κ2) is 4.04. The molecule has 2 aliphatic carbocycles. The Kier molecular flexibility index (Phi) is 2.40. The van der Waals surface area contributed by atoms with Crippen molar-refractivity contribution in [3.8, 4) is 0 Å². The quantitative estimate of drug-likeness (QED) is 0.900. The highest BCUT2D eigenvalue weighted by molar-refractivity contribution is 6.01. The van der Waals surface area contributed by atoms with Crippen LogP contribution >= 0.6 is 0 Å². The largest absolute Gasteiger partial charge is 0.343 e. The Morgan fingerprint density at radius 1 is 1.35 bits per heavy atom. The van der Waals surface area contributed by atoms with E-state index in [4.69, 9.17) is 0 Å². The van der Waals surface area contributed by atoms with E-state index in [1.54, 1.807) is 0 Å². The third-order valence-corrected chi connectivity index (χ3v) is 4.74. The van der Waals surface area contributed by atoms with Gasteiger partial charge < -0.3 is 10.3 Å². The van der Waals surface area contributed by atoms with Crippen LogP contribution in [0.5, 0.6) is 0 Å². The fraction of sp³-hybridized carbons (Fsp3) is 0.533. The number of nitrogens with one attached hydrogen (secondary N) is 2. The van der Waals surface area contributed by atoms with Crippen molar-refractivity contribution in [2.45, 2.75) is 33.1 Å². The van der Waals surface area contributed by atoms with Crippen molar-refractivity contribution >= 4 is 22.8 Å². The number of nitrogens with zero attached hydrogens (tertiary/aromatic N) is 2. The Morgan fingerprint density at radius 2 is 2.15 bits per heavy atom. The number of aryl methyl sites for hydroxylation is 2. The minimum Gasteiger partial charge on any atom is -0.343 e. The maximum Gasteiger partial charge on any atom is 0.228 e. The van der Waals surface area contributed by atoms with Crippen molar-refractivity contribution in [2.24, 2.45) is 17.8 Å². The van der Waals surface area contributed by atoms with Gasteiger partial charge in [0.2, 0.25) is 5.91 Å². The van der Waals surface area contributed by atoms with Crippen molar-refractivity contribution in [3.63, 3.8) is 0 Å². The summed E-state index contributed by atoms with van der Waals surface area (Å²) in [5.41, 5.74) is 2.96. The number of carbonyl (C=O) groups excluding carboxylic acids is 1. The SMILES string of the molecule is Cc1[nH]c2ncnc(NC(=O)[C@H]3C[C@@H]3C3CC3)c2c1C. The second-order valence-electron chi connectivity index (χ2n) is 6.15. The standard InChI is InChI=1S/C15H18N4O/c1-7-8(2)18-13-12(7)14(17-6-16-13)19-15(20)11-5-10(11)9-3-4-9/h6,9-11H,3-5H2,1-2H3,(H2,16,17,18,19,20)/t10-,11+/m1/s1. The predicted molar refractivity (Wildman–Crippen MR) is 76.3 cm³/mol. The molecule has 2 atom stereocenters. The topological polar surface area (TPSA) is 70.7 Å². The molecule has 0 spiro atoms. The molecule has 1 amide bonds. The zero-order valence-corrected chi connectivity index (χ0v) is 11.7. The van der Waals surface area contributed by atoms with Gasteiger partial charge in [-0.15, -0.1) is 0 Å². The summed E-state index contributed by atoms with van der Waals surface area (Å²) in [5, 5.41) is 3.94. The molecule has 0 bridgehead atoms. The van der Waals surface area contributed by atoms with Crippen LogP contribution in [0.3, 0.4) is 0 Å². The molecule has 0 saturated heterocycles. The molecule has 2 aromatic heterocycles. The number of rotatable bonds is 3. The minimum atomic E-state index is 0.125. The Hall–Kier alpha value is -1.91. The normalized spacial score (nSPS) is 24.9. The van der Waals surface area contributed by atoms with Gasteiger partial charge in [-0.2, -0.15) is 0 Å². The molecule has 2 fully saturated rings. The Bertz CT molecular complexity index is 701. The third-order valence-electron chi connectivity index (χ3n) is 4.74. The lowest BCUT2D eigenvalue weighted by Crippen LogP contribution is -2.16. The van der Waals surface area contributed by atoms with Gasteiger partial charge in [0, 0.05) is 11.6 Å². The number of amides is 1. The molecule has 2 heterocycles. The van der Waals surface area contributed by atoms with Gasteiger partial charge >= 0.3 is 0 Å². The first-order chi connectivity index (χ1) is 9.65. The molecule has 0 unspecified atom stereocenters. The Labute approximate surface area is 117 Å². The first kappa shape index (κ1) is 11.9. The highest BCUT2D eigenvalue weighted by atomic mass is 16.2. The van der Waals surface area contributed by atoms with Crippen molar-refractivity contribution in [1.29, 1.82) is 0 Å². The predicted octanol–water partition coefficient (Wildman–Crippen LogP) is 2.56. The monoisotopic (exact) mass is 270 g/mol. The summed E-state index contributed by atoms with van der Waals surface area (Å²) in [6.07, 6.45) is 5.17. The third kappa shape index (κ3) is 1.80. The van der Waals surface area contributed by atoms with Crippen LogP contribution in [0.4, 0.5) is 5.82 Å². The molecule has 2 aromatic rings. The van der Waals surface area contributed by atoms with Gasteiger partial charge in [0.05, 0.1) is 5.39 Å². The molecular formula is C15H18N4O. The highest BCUT2D eigenvalue weighted by Gasteiger charge is 2.51. The van der Waals surface area contributed by atoms with Crippen LogP contribution in [0.15, 0.2) is 6.33 Å². The lowest BCUT2D eigenvalue weighted by atomic mass is 10.2. The lowest BCUT2D eigenvalue weighted by molar-refractivity contribution is -0.117. The molecular weight excluding hydrogens is 252 g/mol. The van der Waals surface area contributed by atoms with Gasteiger partial charge in [-0.05, 0) is 50.5 Å². The zero-order valence-electron chi connectivity index (χ0n) is 11.7. The van der Waals surface area contributed by atoms with Crippen LogP contribution in [0.25, 0.3) is 11.0 Å². The van der Waals surface area contributed by atoms with E-state index in [2.05, 4.69) is 20.3 Å². The van der Waals surface area contributed by atoms with E-state index in [1.165, 1.54) is 19.2 Å². The first-order valence-electron chi connectivity index (χ1n) is 7.26. The number of carbonyl (C=O) groups is 1. The summed E-state index contributed by atoms with van der Waals surface area (Å²) >= 11 is 0. The molecule has 2 saturated carbocycles. The van der Waals surface area contributed by atoms with Gasteiger partial charge in [0.25, 0.3) is 0 Å². The average Bonchev–Trinajstić information content (AvgIpc) is 3.29. The fourth-order valence-electron chi connectivity index (χ4n) is 3.16. The molecule has 5 heteroatoms. The number of hydrogen-bond donors (Lipinski definition) is 2. The summed E-state index contributed by atoms with van der Waals surface area (Å²) < 4.78 is 0. The lowest BCUT2D eigenvalue weighted by Gasteiger charge is -2.05. The van der Waals surface area contributed by atoms with Gasteiger partial charge in [0.1, 0.15) is 17.8 Å². The van der Waals surface area contributed by atoms with Crippen LogP contribution in [0.2, 0.25) is 0 Å². The number of fused-ring (bicyclic) bond motifs is 1. The number of H-pyrrole nitrogens is 1. The van der Waals surface area contributed by atoms with Gasteiger partial charge in [-0.25, -0.2) is 9.97 Å². The van der Waals surface area contributed by atoms with Crippen LogP contribution in [0, 0.1) is 31.6 Å². The number of hydrogen-bond acceptors (Lipinski definition) is 3. The van der Waals surface area contributed by atoms with E-state index in [9.17, 15) is 4.79 Å². The molecule has 2 aliphatic rings. The summed E-state index contributed by atoms with van der Waals surface area (Å²) in [4.78, 5) is 24.0. The highest BCUT2D eigenvalue weighted by Crippen LogP contribution is 2.54. The minimum absolute atomic E-state index is 0.125. The summed E-state index contributed by atoms with van der Waals surface area (Å²) in [6, 6.07) is 0. The summed E-state index contributed by atoms with van der Waals surface area (Å²) in [6.45, 7) is 4.03. The van der Waals surface area contributed by atoms with Crippen LogP contribution in [-0.2, 0) is 4.79 Å². The van der Waals surface area contributed by atoms with Gasteiger partial charge in [0.15, 0.2) is 0 Å². The van der Waals surface area contributed by atoms with E-state index in [1.807, 2.05) is 13.8 Å². The van der Waals surface area contributed by atoms with E-state index in [0.717, 1.165) is 34.6 Å². The first-order valence-corrected chi connectivity index (χ1v) is 7.26. The van der Waals surface area contributed by atoms with Crippen molar-refractivity contribution in [1.82, 2.24) is 15.0 Å². The Balaban J connectivity index is 1.60. The maximum atomic E-state index is 12.3. The zero-order chi connectivity index (χ0) is 13.9. The van der Waals surface area contributed by atoms with E-state index >= 15 is 0 Å². The number of aromatic amines is 1. The summed E-state index contributed by atoms with van der Waals surface area (Å²) in [7, 11) is 0. The molecule has 20 heavy (non-hydrogen) atoms. The molecule has 0 aromatic carbocycles. The number of aromatic nitrogens is 3.